The summed E-state index contributed by atoms with van der Waals surface area (Å²) >= 11 is 0. The van der Waals surface area contributed by atoms with Gasteiger partial charge in [0.2, 0.25) is 5.41 Å². The Morgan fingerprint density at radius 3 is 1.24 bits per heavy atom. The summed E-state index contributed by atoms with van der Waals surface area (Å²) in [7, 11) is 0. The van der Waals surface area contributed by atoms with E-state index in [-0.39, 0.29) is 12.1 Å². The maximum absolute atomic E-state index is 14.2. The Kier molecular flexibility index (Phi) is 5.17. The highest BCUT2D eigenvalue weighted by molar-refractivity contribution is 5.98. The van der Waals surface area contributed by atoms with Crippen molar-refractivity contribution in [2.24, 2.45) is 0 Å². The van der Waals surface area contributed by atoms with Crippen LogP contribution in [0.4, 0.5) is 37.7 Å². The van der Waals surface area contributed by atoms with Crippen molar-refractivity contribution in [3.63, 3.8) is 0 Å². The number of carboxylic acid groups (broad SMARTS) is 2. The molecule has 2 aromatic carbocycles. The lowest BCUT2D eigenvalue weighted by Gasteiger charge is -2.39. The highest BCUT2D eigenvalue weighted by atomic mass is 19.4. The molecule has 0 aliphatic rings. The van der Waals surface area contributed by atoms with Crippen LogP contribution in [0.15, 0.2) is 36.4 Å². The average Bonchev–Trinajstić information content (AvgIpc) is 2.52. The van der Waals surface area contributed by atoms with Crippen LogP contribution in [0.2, 0.25) is 0 Å². The van der Waals surface area contributed by atoms with Crippen molar-refractivity contribution in [3.05, 3.63) is 58.7 Å². The molecule has 156 valence electrons. The molecule has 0 fully saturated rings. The zero-order valence-electron chi connectivity index (χ0n) is 14.1. The van der Waals surface area contributed by atoms with E-state index in [9.17, 15) is 46.1 Å². The first-order valence-electron chi connectivity index (χ1n) is 7.55. The van der Waals surface area contributed by atoms with Gasteiger partial charge in [-0.1, -0.05) is 24.3 Å². The number of aromatic carboxylic acids is 2. The van der Waals surface area contributed by atoms with Gasteiger partial charge >= 0.3 is 24.3 Å². The molecule has 0 heterocycles. The standard InChI is InChI=1S/C17H12F6N2O4/c18-16(19,20)15(17(21,22)23,7-3-1-5-9(24)11(7)13(26)27)8-4-2-6-10(25)12(8)14(28)29/h1-6H,24-25H2,(H,26,27)(H,28,29). The van der Waals surface area contributed by atoms with E-state index < -0.39 is 63.3 Å². The third-order valence-electron chi connectivity index (χ3n) is 4.28. The fraction of sp³-hybridized carbons (Fsp3) is 0.176. The number of rotatable bonds is 4. The lowest BCUT2D eigenvalue weighted by Crippen LogP contribution is -2.56. The first-order valence-corrected chi connectivity index (χ1v) is 7.55. The van der Waals surface area contributed by atoms with Crippen molar-refractivity contribution in [1.82, 2.24) is 0 Å². The number of nitrogen functional groups attached to an aromatic ring is 2. The number of benzene rings is 2. The van der Waals surface area contributed by atoms with Crippen LogP contribution in [0, 0.1) is 0 Å². The van der Waals surface area contributed by atoms with Gasteiger partial charge in [0, 0.05) is 11.4 Å². The molecule has 6 N–H and O–H groups in total. The number of hydrogen-bond donors (Lipinski definition) is 4. The fourth-order valence-electron chi connectivity index (χ4n) is 3.16. The number of nitrogens with two attached hydrogens (primary N) is 2. The average molecular weight is 422 g/mol. The second-order valence-electron chi connectivity index (χ2n) is 5.90. The Hall–Kier alpha value is -3.44. The Balaban J connectivity index is 3.25. The molecule has 0 bridgehead atoms. The lowest BCUT2D eigenvalue weighted by atomic mass is 9.69. The predicted octanol–water partition coefficient (Wildman–Crippen LogP) is 3.66. The molecule has 0 unspecified atom stereocenters. The van der Waals surface area contributed by atoms with Crippen molar-refractivity contribution in [1.29, 1.82) is 0 Å². The summed E-state index contributed by atoms with van der Waals surface area (Å²) in [5, 5.41) is 18.5. The Bertz CT molecular complexity index is 905. The number of halogens is 6. The van der Waals surface area contributed by atoms with Crippen LogP contribution >= 0.6 is 0 Å². The van der Waals surface area contributed by atoms with Gasteiger partial charge in [-0.3, -0.25) is 0 Å². The zero-order chi connectivity index (χ0) is 22.4. The van der Waals surface area contributed by atoms with Crippen LogP contribution in [0.3, 0.4) is 0 Å². The minimum Gasteiger partial charge on any atom is -0.478 e. The number of anilines is 2. The van der Waals surface area contributed by atoms with E-state index in [0.29, 0.717) is 12.1 Å². The van der Waals surface area contributed by atoms with Gasteiger partial charge in [-0.05, 0) is 23.3 Å². The lowest BCUT2D eigenvalue weighted by molar-refractivity contribution is -0.288. The molecule has 0 saturated heterocycles. The molecule has 0 spiro atoms. The van der Waals surface area contributed by atoms with E-state index >= 15 is 0 Å². The van der Waals surface area contributed by atoms with E-state index in [0.717, 1.165) is 12.1 Å². The maximum Gasteiger partial charge on any atom is 0.411 e. The first-order chi connectivity index (χ1) is 13.2. The summed E-state index contributed by atoms with van der Waals surface area (Å²) < 4.78 is 85.2. The number of alkyl halides is 6. The number of carbonyl (C=O) groups is 2. The van der Waals surface area contributed by atoms with Crippen molar-refractivity contribution in [2.75, 3.05) is 11.5 Å². The quantitative estimate of drug-likeness (QED) is 0.440. The number of hydrogen-bond acceptors (Lipinski definition) is 4. The zero-order valence-corrected chi connectivity index (χ0v) is 14.1. The van der Waals surface area contributed by atoms with Gasteiger partial charge in [-0.15, -0.1) is 0 Å². The molecule has 6 nitrogen and oxygen atoms in total. The molecule has 29 heavy (non-hydrogen) atoms. The second-order valence-corrected chi connectivity index (χ2v) is 5.90. The largest absolute Gasteiger partial charge is 0.478 e. The van der Waals surface area contributed by atoms with E-state index in [1.807, 2.05) is 0 Å². The van der Waals surface area contributed by atoms with Gasteiger partial charge in [-0.2, -0.15) is 26.3 Å². The number of carboxylic acids is 2. The van der Waals surface area contributed by atoms with Gasteiger partial charge in [0.25, 0.3) is 0 Å². The summed E-state index contributed by atoms with van der Waals surface area (Å²) in [5.41, 5.74) is -2.53. The molecular formula is C17H12F6N2O4. The molecule has 0 saturated carbocycles. The third kappa shape index (κ3) is 3.19. The summed E-state index contributed by atoms with van der Waals surface area (Å²) in [6.45, 7) is 0. The third-order valence-corrected chi connectivity index (χ3v) is 4.28. The van der Waals surface area contributed by atoms with Crippen molar-refractivity contribution >= 4 is 23.3 Å². The van der Waals surface area contributed by atoms with E-state index in [1.54, 1.807) is 0 Å². The highest BCUT2D eigenvalue weighted by Gasteiger charge is 2.74. The Morgan fingerprint density at radius 2 is 1.00 bits per heavy atom. The SMILES string of the molecule is Nc1cccc(C(c2cccc(N)c2C(=O)O)(C(F)(F)F)C(F)(F)F)c1C(=O)O. The van der Waals surface area contributed by atoms with E-state index in [2.05, 4.69) is 0 Å². The van der Waals surface area contributed by atoms with E-state index in [4.69, 9.17) is 11.5 Å². The highest BCUT2D eigenvalue weighted by Crippen LogP contribution is 2.58. The molecule has 0 radical (unpaired) electrons. The Labute approximate surface area is 158 Å². The van der Waals surface area contributed by atoms with Crippen LogP contribution in [0.25, 0.3) is 0 Å². The van der Waals surface area contributed by atoms with Gasteiger partial charge in [0.15, 0.2) is 0 Å². The summed E-state index contributed by atoms with van der Waals surface area (Å²) in [5.74, 6) is -4.31. The monoisotopic (exact) mass is 422 g/mol. The Morgan fingerprint density at radius 1 is 0.690 bits per heavy atom. The summed E-state index contributed by atoms with van der Waals surface area (Å²) in [6.07, 6.45) is -12.4. The van der Waals surface area contributed by atoms with Gasteiger partial charge in [0.05, 0.1) is 11.1 Å². The molecule has 0 atom stereocenters. The van der Waals surface area contributed by atoms with E-state index in [1.165, 1.54) is 0 Å². The second kappa shape index (κ2) is 6.87. The molecule has 0 amide bonds. The van der Waals surface area contributed by atoms with Crippen LogP contribution in [-0.4, -0.2) is 34.5 Å². The van der Waals surface area contributed by atoms with Crippen LogP contribution in [0.1, 0.15) is 31.8 Å². The summed E-state index contributed by atoms with van der Waals surface area (Å²) in [6, 6.07) is 3.60. The van der Waals surface area contributed by atoms with Crippen LogP contribution in [0.5, 0.6) is 0 Å². The van der Waals surface area contributed by atoms with Gasteiger partial charge < -0.3 is 21.7 Å². The predicted molar refractivity (Wildman–Crippen MR) is 88.5 cm³/mol. The molecular weight excluding hydrogens is 410 g/mol. The molecule has 2 rings (SSSR count). The fourth-order valence-corrected chi connectivity index (χ4v) is 3.16. The van der Waals surface area contributed by atoms with Crippen LogP contribution < -0.4 is 11.5 Å². The van der Waals surface area contributed by atoms with Crippen molar-refractivity contribution in [2.45, 2.75) is 17.8 Å². The molecule has 2 aromatic rings. The van der Waals surface area contributed by atoms with Crippen molar-refractivity contribution in [3.8, 4) is 0 Å². The topological polar surface area (TPSA) is 127 Å². The molecule has 12 heteroatoms. The minimum atomic E-state index is -6.22. The molecule has 0 aliphatic heterocycles. The molecule has 0 aromatic heterocycles. The normalized spacial score (nSPS) is 12.6. The van der Waals surface area contributed by atoms with Crippen molar-refractivity contribution < 1.29 is 46.1 Å². The molecule has 0 aliphatic carbocycles. The van der Waals surface area contributed by atoms with Gasteiger partial charge in [-0.25, -0.2) is 9.59 Å². The summed E-state index contributed by atoms with van der Waals surface area (Å²) in [4.78, 5) is 23.0. The first kappa shape index (κ1) is 21.9. The maximum atomic E-state index is 14.2. The van der Waals surface area contributed by atoms with Crippen LogP contribution in [-0.2, 0) is 5.41 Å². The minimum absolute atomic E-state index is 0.287. The smallest absolute Gasteiger partial charge is 0.411 e. The van der Waals surface area contributed by atoms with Gasteiger partial charge in [0.1, 0.15) is 0 Å².